The molecule has 40 heavy (non-hydrogen) atoms. The molecule has 0 saturated heterocycles. The van der Waals surface area contributed by atoms with Crippen LogP contribution in [0.4, 0.5) is 0 Å². The molecule has 6 nitrogen and oxygen atoms in total. The third-order valence-electron chi connectivity index (χ3n) is 7.69. The molecule has 3 aromatic carbocycles. The molecule has 0 amide bonds. The summed E-state index contributed by atoms with van der Waals surface area (Å²) in [6, 6.07) is 28.4. The number of pyridine rings is 4. The van der Waals surface area contributed by atoms with Crippen LogP contribution in [0.25, 0.3) is 88.2 Å². The van der Waals surface area contributed by atoms with Gasteiger partial charge in [-0.25, -0.2) is 0 Å². The van der Waals surface area contributed by atoms with Crippen molar-refractivity contribution in [3.8, 4) is 22.5 Å². The van der Waals surface area contributed by atoms with Crippen molar-refractivity contribution >= 4 is 65.7 Å². The summed E-state index contributed by atoms with van der Waals surface area (Å²) in [4.78, 5) is 18.9. The molecule has 0 bridgehead atoms. The van der Waals surface area contributed by atoms with E-state index in [-0.39, 0.29) is 0 Å². The maximum absolute atomic E-state index is 6.38. The Morgan fingerprint density at radius 3 is 1.23 bits per heavy atom. The molecule has 186 valence electrons. The van der Waals surface area contributed by atoms with Crippen LogP contribution in [-0.4, -0.2) is 19.9 Å². The first-order valence-electron chi connectivity index (χ1n) is 13.1. The molecule has 0 aliphatic rings. The first kappa shape index (κ1) is 21.3. The van der Waals surface area contributed by atoms with Gasteiger partial charge in [-0.1, -0.05) is 48.5 Å². The van der Waals surface area contributed by atoms with Gasteiger partial charge < -0.3 is 8.83 Å². The maximum Gasteiger partial charge on any atom is 0.163 e. The normalized spacial score (nSPS) is 12.0. The predicted octanol–water partition coefficient (Wildman–Crippen LogP) is 8.71. The Labute approximate surface area is 226 Å². The van der Waals surface area contributed by atoms with Crippen LogP contribution in [0, 0.1) is 0 Å². The molecule has 9 rings (SSSR count). The minimum Gasteiger partial charge on any atom is -0.452 e. The molecule has 9 aromatic rings. The highest BCUT2D eigenvalue weighted by Crippen LogP contribution is 2.46. The van der Waals surface area contributed by atoms with E-state index < -0.39 is 0 Å². The van der Waals surface area contributed by atoms with Gasteiger partial charge in [-0.2, -0.15) is 0 Å². The van der Waals surface area contributed by atoms with Crippen LogP contribution in [-0.2, 0) is 0 Å². The van der Waals surface area contributed by atoms with Crippen LogP contribution in [0.3, 0.4) is 0 Å². The lowest BCUT2D eigenvalue weighted by Gasteiger charge is -2.16. The van der Waals surface area contributed by atoms with E-state index in [1.165, 1.54) is 0 Å². The molecule has 0 unspecified atom stereocenters. The monoisotopic (exact) mass is 514 g/mol. The molecule has 0 N–H and O–H groups in total. The Kier molecular flexibility index (Phi) is 4.24. The minimum atomic E-state index is 0.725. The highest BCUT2D eigenvalue weighted by Gasteiger charge is 2.23. The average Bonchev–Trinajstić information content (AvgIpc) is 3.59. The fourth-order valence-corrected chi connectivity index (χ4v) is 6.04. The summed E-state index contributed by atoms with van der Waals surface area (Å²) < 4.78 is 12.8. The zero-order chi connectivity index (χ0) is 26.2. The van der Waals surface area contributed by atoms with Gasteiger partial charge in [0.2, 0.25) is 0 Å². The Bertz CT molecular complexity index is 2230. The van der Waals surface area contributed by atoms with E-state index in [4.69, 9.17) is 18.8 Å². The van der Waals surface area contributed by atoms with Crippen LogP contribution < -0.4 is 0 Å². The van der Waals surface area contributed by atoms with Crippen molar-refractivity contribution in [2.45, 2.75) is 0 Å². The molecule has 0 spiro atoms. The van der Waals surface area contributed by atoms with Crippen molar-refractivity contribution < 1.29 is 8.83 Å². The predicted molar refractivity (Wildman–Crippen MR) is 158 cm³/mol. The Hall–Kier alpha value is -5.62. The summed E-state index contributed by atoms with van der Waals surface area (Å²) in [5.41, 5.74) is 8.20. The molecule has 6 heterocycles. The number of rotatable bonds is 2. The molecular formula is C34H18N4O2. The molecule has 0 atom stereocenters. The number of hydrogen-bond acceptors (Lipinski definition) is 6. The van der Waals surface area contributed by atoms with Crippen LogP contribution in [0.2, 0.25) is 0 Å². The second-order valence-electron chi connectivity index (χ2n) is 9.82. The highest BCUT2D eigenvalue weighted by atomic mass is 16.3. The van der Waals surface area contributed by atoms with E-state index in [9.17, 15) is 0 Å². The first-order chi connectivity index (χ1) is 19.9. The van der Waals surface area contributed by atoms with Crippen LogP contribution in [0.15, 0.2) is 119 Å². The fraction of sp³-hybridized carbons (Fsp3) is 0. The van der Waals surface area contributed by atoms with Gasteiger partial charge in [-0.05, 0) is 57.9 Å². The van der Waals surface area contributed by atoms with E-state index >= 15 is 0 Å². The highest BCUT2D eigenvalue weighted by molar-refractivity contribution is 6.25. The number of fused-ring (bicyclic) bond motifs is 8. The largest absolute Gasteiger partial charge is 0.452 e. The van der Waals surface area contributed by atoms with Crippen LogP contribution >= 0.6 is 0 Å². The lowest BCUT2D eigenvalue weighted by Crippen LogP contribution is -1.94. The van der Waals surface area contributed by atoms with Gasteiger partial charge in [0.15, 0.2) is 22.3 Å². The van der Waals surface area contributed by atoms with E-state index in [0.29, 0.717) is 0 Å². The fourth-order valence-electron chi connectivity index (χ4n) is 6.04. The molecule has 0 aliphatic heterocycles. The summed E-state index contributed by atoms with van der Waals surface area (Å²) in [6.45, 7) is 0. The van der Waals surface area contributed by atoms with E-state index in [0.717, 1.165) is 88.2 Å². The number of benzene rings is 3. The number of aromatic nitrogens is 4. The number of nitrogens with zero attached hydrogens (tertiary/aromatic N) is 4. The zero-order valence-corrected chi connectivity index (χ0v) is 21.0. The van der Waals surface area contributed by atoms with Crippen molar-refractivity contribution in [2.75, 3.05) is 0 Å². The number of furan rings is 2. The average molecular weight is 515 g/mol. The van der Waals surface area contributed by atoms with Gasteiger partial charge >= 0.3 is 0 Å². The molecule has 6 heteroatoms. The van der Waals surface area contributed by atoms with Gasteiger partial charge in [-0.15, -0.1) is 0 Å². The molecule has 0 radical (unpaired) electrons. The third-order valence-corrected chi connectivity index (χ3v) is 7.69. The SMILES string of the molecule is c1cnc2c(c1)oc1c(-c3c4ccccc4c(-c4nccc5c4oc4cccnc45)c4ccccc34)nccc12. The van der Waals surface area contributed by atoms with Gasteiger partial charge in [0.1, 0.15) is 22.4 Å². The molecular weight excluding hydrogens is 496 g/mol. The molecule has 6 aromatic heterocycles. The second kappa shape index (κ2) is 7.94. The summed E-state index contributed by atoms with van der Waals surface area (Å²) in [5, 5.41) is 6.10. The quantitative estimate of drug-likeness (QED) is 0.215. The minimum absolute atomic E-state index is 0.725. The summed E-state index contributed by atoms with van der Waals surface area (Å²) in [6.07, 6.45) is 7.25. The van der Waals surface area contributed by atoms with Crippen LogP contribution in [0.1, 0.15) is 0 Å². The van der Waals surface area contributed by atoms with Crippen molar-refractivity contribution in [3.63, 3.8) is 0 Å². The second-order valence-corrected chi connectivity index (χ2v) is 9.82. The molecule has 0 aliphatic carbocycles. The van der Waals surface area contributed by atoms with Crippen molar-refractivity contribution in [1.29, 1.82) is 0 Å². The lowest BCUT2D eigenvalue weighted by molar-refractivity contribution is 0.667. The maximum atomic E-state index is 6.38. The van der Waals surface area contributed by atoms with Gasteiger partial charge in [0, 0.05) is 35.9 Å². The molecule has 0 saturated carbocycles. The Balaban J connectivity index is 1.46. The topological polar surface area (TPSA) is 77.8 Å². The Morgan fingerprint density at radius 1 is 0.375 bits per heavy atom. The summed E-state index contributed by atoms with van der Waals surface area (Å²) in [5.74, 6) is 0. The first-order valence-corrected chi connectivity index (χ1v) is 13.1. The van der Waals surface area contributed by atoms with Crippen molar-refractivity contribution in [3.05, 3.63) is 110 Å². The molecule has 0 fully saturated rings. The van der Waals surface area contributed by atoms with Gasteiger partial charge in [0.25, 0.3) is 0 Å². The van der Waals surface area contributed by atoms with Gasteiger partial charge in [0.05, 0.1) is 10.8 Å². The third kappa shape index (κ3) is 2.82. The van der Waals surface area contributed by atoms with Gasteiger partial charge in [-0.3, -0.25) is 19.9 Å². The lowest BCUT2D eigenvalue weighted by atomic mass is 9.88. The van der Waals surface area contributed by atoms with Crippen molar-refractivity contribution in [2.24, 2.45) is 0 Å². The standard InChI is InChI=1S/C34H18N4O2/c1-2-8-20-19(7-1)27(31-33-23(13-17-37-31)29-25(39-33)11-5-15-35-29)21-9-3-4-10-22(21)28(20)32-34-24(14-18-38-32)30-26(40-34)12-6-16-36-30/h1-18H. The van der Waals surface area contributed by atoms with E-state index in [1.807, 2.05) is 48.8 Å². The van der Waals surface area contributed by atoms with E-state index in [2.05, 4.69) is 58.5 Å². The van der Waals surface area contributed by atoms with Crippen LogP contribution in [0.5, 0.6) is 0 Å². The van der Waals surface area contributed by atoms with Crippen molar-refractivity contribution in [1.82, 2.24) is 19.9 Å². The smallest absolute Gasteiger partial charge is 0.163 e. The van der Waals surface area contributed by atoms with E-state index in [1.54, 1.807) is 12.4 Å². The summed E-state index contributed by atoms with van der Waals surface area (Å²) in [7, 11) is 0. The number of hydrogen-bond donors (Lipinski definition) is 0. The summed E-state index contributed by atoms with van der Waals surface area (Å²) >= 11 is 0. The zero-order valence-electron chi connectivity index (χ0n) is 21.0. The Morgan fingerprint density at radius 2 is 0.800 bits per heavy atom.